The van der Waals surface area contributed by atoms with Crippen LogP contribution in [0.2, 0.25) is 0 Å². The van der Waals surface area contributed by atoms with Gasteiger partial charge in [-0.15, -0.1) is 0 Å². The van der Waals surface area contributed by atoms with Crippen molar-refractivity contribution in [1.82, 2.24) is 19.9 Å². The highest BCUT2D eigenvalue weighted by atomic mass is 15.0. The van der Waals surface area contributed by atoms with E-state index in [2.05, 4.69) is 164 Å². The number of nitrogens with zero attached hydrogens (tertiary/aromatic N) is 4. The Hall–Kier alpha value is -6.78. The summed E-state index contributed by atoms with van der Waals surface area (Å²) in [6.45, 7) is 4.18. The fraction of sp³-hybridized carbons (Fsp3) is 0.0417. The summed E-state index contributed by atoms with van der Waals surface area (Å²) in [6.07, 6.45) is 1.83. The molecule has 0 atom stereocenters. The molecule has 52 heavy (non-hydrogen) atoms. The van der Waals surface area contributed by atoms with Gasteiger partial charge in [0, 0.05) is 28.5 Å². The zero-order valence-corrected chi connectivity index (χ0v) is 29.0. The van der Waals surface area contributed by atoms with Crippen molar-refractivity contribution in [2.24, 2.45) is 0 Å². The van der Waals surface area contributed by atoms with Gasteiger partial charge >= 0.3 is 0 Å². The molecule has 7 aromatic carbocycles. The van der Waals surface area contributed by atoms with Crippen LogP contribution in [0.25, 0.3) is 89.2 Å². The van der Waals surface area contributed by atoms with Crippen molar-refractivity contribution >= 4 is 21.5 Å². The molecule has 9 aromatic rings. The lowest BCUT2D eigenvalue weighted by atomic mass is 9.90. The molecule has 0 spiro atoms. The molecule has 0 unspecified atom stereocenters. The SMILES string of the molecule is Cc1ccc(-c2nc(-c3ccc(C)cc3)nc(-c3cc(-c4ccc(-c5ccccn5)cc4)cc(-c4cc5ccccc5c5ccccc45)c3)n2)cc1. The Morgan fingerprint density at radius 1 is 0.346 bits per heavy atom. The Labute approximate surface area is 303 Å². The molecule has 0 fully saturated rings. The Kier molecular flexibility index (Phi) is 7.90. The van der Waals surface area contributed by atoms with Crippen LogP contribution in [0.1, 0.15) is 11.1 Å². The van der Waals surface area contributed by atoms with Crippen LogP contribution < -0.4 is 0 Å². The van der Waals surface area contributed by atoms with Gasteiger partial charge in [-0.1, -0.05) is 139 Å². The minimum atomic E-state index is 0.624. The first-order valence-electron chi connectivity index (χ1n) is 17.5. The van der Waals surface area contributed by atoms with Crippen LogP contribution in [0.4, 0.5) is 0 Å². The van der Waals surface area contributed by atoms with Crippen molar-refractivity contribution in [3.05, 3.63) is 181 Å². The van der Waals surface area contributed by atoms with Crippen LogP contribution in [0.15, 0.2) is 170 Å². The predicted molar refractivity (Wildman–Crippen MR) is 215 cm³/mol. The van der Waals surface area contributed by atoms with Gasteiger partial charge < -0.3 is 0 Å². The van der Waals surface area contributed by atoms with Gasteiger partial charge in [0.25, 0.3) is 0 Å². The quantitative estimate of drug-likeness (QED) is 0.166. The van der Waals surface area contributed by atoms with Crippen molar-refractivity contribution < 1.29 is 0 Å². The number of pyridine rings is 1. The predicted octanol–water partition coefficient (Wildman–Crippen LogP) is 12.2. The second kappa shape index (κ2) is 13.2. The summed E-state index contributed by atoms with van der Waals surface area (Å²) < 4.78 is 0. The highest BCUT2D eigenvalue weighted by Gasteiger charge is 2.17. The Morgan fingerprint density at radius 2 is 0.846 bits per heavy atom. The molecule has 4 nitrogen and oxygen atoms in total. The van der Waals surface area contributed by atoms with E-state index in [0.717, 1.165) is 50.2 Å². The minimum Gasteiger partial charge on any atom is -0.256 e. The molecule has 0 radical (unpaired) electrons. The maximum absolute atomic E-state index is 5.15. The lowest BCUT2D eigenvalue weighted by Gasteiger charge is -2.15. The maximum atomic E-state index is 5.15. The normalized spacial score (nSPS) is 11.3. The number of hydrogen-bond donors (Lipinski definition) is 0. The maximum Gasteiger partial charge on any atom is 0.164 e. The number of fused-ring (bicyclic) bond motifs is 3. The van der Waals surface area contributed by atoms with Crippen molar-refractivity contribution in [1.29, 1.82) is 0 Å². The summed E-state index contributed by atoms with van der Waals surface area (Å²) in [5.74, 6) is 1.91. The van der Waals surface area contributed by atoms with E-state index in [1.54, 1.807) is 0 Å². The number of benzene rings is 7. The molecule has 2 heterocycles. The molecular formula is C48H34N4. The number of rotatable bonds is 6. The van der Waals surface area contributed by atoms with E-state index in [-0.39, 0.29) is 0 Å². The van der Waals surface area contributed by atoms with Crippen LogP contribution in [0.5, 0.6) is 0 Å². The molecular weight excluding hydrogens is 633 g/mol. The Bertz CT molecular complexity index is 2650. The molecule has 0 amide bonds. The van der Waals surface area contributed by atoms with E-state index in [1.807, 2.05) is 24.4 Å². The molecule has 0 aliphatic heterocycles. The summed E-state index contributed by atoms with van der Waals surface area (Å²) in [6, 6.07) is 57.7. The van der Waals surface area contributed by atoms with Crippen molar-refractivity contribution in [3.63, 3.8) is 0 Å². The smallest absolute Gasteiger partial charge is 0.164 e. The average Bonchev–Trinajstić information content (AvgIpc) is 3.21. The van der Waals surface area contributed by atoms with Crippen LogP contribution in [0, 0.1) is 13.8 Å². The van der Waals surface area contributed by atoms with E-state index in [0.29, 0.717) is 17.5 Å². The van der Waals surface area contributed by atoms with Gasteiger partial charge in [0.15, 0.2) is 17.5 Å². The van der Waals surface area contributed by atoms with Crippen LogP contribution in [-0.4, -0.2) is 19.9 Å². The van der Waals surface area contributed by atoms with Gasteiger partial charge in [0.1, 0.15) is 0 Å². The highest BCUT2D eigenvalue weighted by molar-refractivity contribution is 6.14. The van der Waals surface area contributed by atoms with Crippen LogP contribution in [-0.2, 0) is 0 Å². The van der Waals surface area contributed by atoms with Crippen molar-refractivity contribution in [2.45, 2.75) is 13.8 Å². The van der Waals surface area contributed by atoms with E-state index in [9.17, 15) is 0 Å². The molecule has 2 aromatic heterocycles. The molecule has 9 rings (SSSR count). The van der Waals surface area contributed by atoms with Crippen molar-refractivity contribution in [3.8, 4) is 67.7 Å². The highest BCUT2D eigenvalue weighted by Crippen LogP contribution is 2.39. The first-order valence-corrected chi connectivity index (χ1v) is 17.5. The number of hydrogen-bond acceptors (Lipinski definition) is 4. The third-order valence-corrected chi connectivity index (χ3v) is 9.70. The first-order chi connectivity index (χ1) is 25.6. The van der Waals surface area contributed by atoms with Crippen LogP contribution in [0.3, 0.4) is 0 Å². The zero-order chi connectivity index (χ0) is 35.0. The number of aromatic nitrogens is 4. The fourth-order valence-corrected chi connectivity index (χ4v) is 6.91. The molecule has 0 saturated heterocycles. The molecule has 0 N–H and O–H groups in total. The molecule has 0 aliphatic rings. The standard InChI is InChI=1S/C48H34N4/c1-31-14-18-35(19-15-31)46-50-47(36-20-16-32(2)17-21-36)52-48(51-46)40-28-38(33-22-24-34(25-23-33)45-13-7-8-26-49-45)27-39(29-40)44-30-37-9-3-4-10-41(37)42-11-5-6-12-43(42)44/h3-30H,1-2H3. The topological polar surface area (TPSA) is 51.6 Å². The molecule has 0 bridgehead atoms. The van der Waals surface area contributed by atoms with Gasteiger partial charge in [0.05, 0.1) is 5.69 Å². The van der Waals surface area contributed by atoms with E-state index >= 15 is 0 Å². The lowest BCUT2D eigenvalue weighted by Crippen LogP contribution is -2.01. The summed E-state index contributed by atoms with van der Waals surface area (Å²) in [5.41, 5.74) is 11.6. The molecule has 0 aliphatic carbocycles. The number of aryl methyl sites for hydroxylation is 2. The summed E-state index contributed by atoms with van der Waals surface area (Å²) in [7, 11) is 0. The average molecular weight is 667 g/mol. The second-order valence-corrected chi connectivity index (χ2v) is 13.3. The lowest BCUT2D eigenvalue weighted by molar-refractivity contribution is 1.07. The third-order valence-electron chi connectivity index (χ3n) is 9.70. The van der Waals surface area contributed by atoms with E-state index in [1.165, 1.54) is 32.7 Å². The monoisotopic (exact) mass is 666 g/mol. The third kappa shape index (κ3) is 6.01. The minimum absolute atomic E-state index is 0.624. The summed E-state index contributed by atoms with van der Waals surface area (Å²) >= 11 is 0. The van der Waals surface area contributed by atoms with E-state index in [4.69, 9.17) is 15.0 Å². The zero-order valence-electron chi connectivity index (χ0n) is 29.0. The Balaban J connectivity index is 1.28. The first kappa shape index (κ1) is 31.2. The molecule has 4 heteroatoms. The van der Waals surface area contributed by atoms with Crippen LogP contribution >= 0.6 is 0 Å². The van der Waals surface area contributed by atoms with Gasteiger partial charge in [0.2, 0.25) is 0 Å². The largest absolute Gasteiger partial charge is 0.256 e. The second-order valence-electron chi connectivity index (χ2n) is 13.3. The van der Waals surface area contributed by atoms with Crippen molar-refractivity contribution in [2.75, 3.05) is 0 Å². The summed E-state index contributed by atoms with van der Waals surface area (Å²) in [5, 5.41) is 4.87. The van der Waals surface area contributed by atoms with E-state index < -0.39 is 0 Å². The fourth-order valence-electron chi connectivity index (χ4n) is 6.91. The van der Waals surface area contributed by atoms with Gasteiger partial charge in [-0.3, -0.25) is 4.98 Å². The van der Waals surface area contributed by atoms with Gasteiger partial charge in [-0.25, -0.2) is 15.0 Å². The molecule has 246 valence electrons. The van der Waals surface area contributed by atoms with Gasteiger partial charge in [-0.2, -0.15) is 0 Å². The molecule has 0 saturated carbocycles. The van der Waals surface area contributed by atoms with Gasteiger partial charge in [-0.05, 0) is 94.0 Å². The summed E-state index contributed by atoms with van der Waals surface area (Å²) in [4.78, 5) is 19.9. The Morgan fingerprint density at radius 3 is 1.48 bits per heavy atom.